The number of carbonyl (C=O) groups is 1. The Balaban J connectivity index is 2.05. The van der Waals surface area contributed by atoms with Gasteiger partial charge in [-0.2, -0.15) is 5.10 Å². The second-order valence-electron chi connectivity index (χ2n) is 6.60. The van der Waals surface area contributed by atoms with Crippen LogP contribution in [-0.2, 0) is 4.79 Å². The van der Waals surface area contributed by atoms with Crippen molar-refractivity contribution >= 4 is 11.6 Å². The molecule has 0 radical (unpaired) electrons. The van der Waals surface area contributed by atoms with Gasteiger partial charge in [-0.1, -0.05) is 37.6 Å². The number of anilines is 1. The van der Waals surface area contributed by atoms with E-state index in [1.54, 1.807) is 0 Å². The maximum Gasteiger partial charge on any atom is 0.227 e. The van der Waals surface area contributed by atoms with Crippen molar-refractivity contribution in [1.82, 2.24) is 10.2 Å². The second kappa shape index (κ2) is 5.59. The number of aryl methyl sites for hydroxylation is 2. The van der Waals surface area contributed by atoms with Crippen molar-refractivity contribution in [2.24, 2.45) is 5.92 Å². The van der Waals surface area contributed by atoms with E-state index in [-0.39, 0.29) is 11.8 Å². The molecular formula is C18H23N3O. The minimum absolute atomic E-state index is 0.0364. The Hall–Kier alpha value is -2.10. The lowest BCUT2D eigenvalue weighted by molar-refractivity contribution is -0.118. The Labute approximate surface area is 131 Å². The van der Waals surface area contributed by atoms with Gasteiger partial charge in [0, 0.05) is 17.4 Å². The lowest BCUT2D eigenvalue weighted by Crippen LogP contribution is -2.18. The molecule has 1 aromatic heterocycles. The fourth-order valence-corrected chi connectivity index (χ4v) is 2.69. The standard InChI is InChI=1S/C18H23N3O/c1-10(2)18(22)19-17-15(13-6-7-13)20-21-16(17)14-8-5-11(3)9-12(14)4/h5,8-10,13H,6-7H2,1-4H3,(H,19,22)(H,20,21). The molecule has 1 aromatic carbocycles. The van der Waals surface area contributed by atoms with Crippen molar-refractivity contribution < 1.29 is 4.79 Å². The van der Waals surface area contributed by atoms with Gasteiger partial charge in [-0.05, 0) is 32.3 Å². The summed E-state index contributed by atoms with van der Waals surface area (Å²) in [5, 5.41) is 10.8. The van der Waals surface area contributed by atoms with Crippen LogP contribution in [0.5, 0.6) is 0 Å². The molecule has 1 amide bonds. The summed E-state index contributed by atoms with van der Waals surface area (Å²) in [6.45, 7) is 7.98. The van der Waals surface area contributed by atoms with Crippen LogP contribution in [0.3, 0.4) is 0 Å². The van der Waals surface area contributed by atoms with Crippen LogP contribution >= 0.6 is 0 Å². The molecule has 4 heteroatoms. The minimum atomic E-state index is -0.0473. The number of carbonyl (C=O) groups excluding carboxylic acids is 1. The van der Waals surface area contributed by atoms with Crippen LogP contribution in [0.15, 0.2) is 18.2 Å². The van der Waals surface area contributed by atoms with Gasteiger partial charge in [0.15, 0.2) is 0 Å². The Kier molecular flexibility index (Phi) is 3.77. The van der Waals surface area contributed by atoms with E-state index in [9.17, 15) is 4.79 Å². The molecule has 3 rings (SSSR count). The molecule has 22 heavy (non-hydrogen) atoms. The van der Waals surface area contributed by atoms with Crippen LogP contribution in [0.2, 0.25) is 0 Å². The lowest BCUT2D eigenvalue weighted by Gasteiger charge is -2.11. The molecule has 0 aliphatic heterocycles. The second-order valence-corrected chi connectivity index (χ2v) is 6.60. The third-order valence-electron chi connectivity index (χ3n) is 4.19. The highest BCUT2D eigenvalue weighted by Crippen LogP contribution is 2.45. The summed E-state index contributed by atoms with van der Waals surface area (Å²) in [4.78, 5) is 12.2. The molecule has 1 heterocycles. The van der Waals surface area contributed by atoms with Gasteiger partial charge in [0.1, 0.15) is 5.69 Å². The summed E-state index contributed by atoms with van der Waals surface area (Å²) in [6.07, 6.45) is 2.33. The van der Waals surface area contributed by atoms with Crippen molar-refractivity contribution in [3.63, 3.8) is 0 Å². The van der Waals surface area contributed by atoms with Crippen LogP contribution < -0.4 is 5.32 Å². The Bertz CT molecular complexity index is 711. The van der Waals surface area contributed by atoms with Crippen LogP contribution in [0, 0.1) is 19.8 Å². The number of benzene rings is 1. The van der Waals surface area contributed by atoms with Crippen LogP contribution in [0.25, 0.3) is 11.3 Å². The maximum atomic E-state index is 12.2. The normalized spacial score (nSPS) is 14.4. The molecule has 1 aliphatic carbocycles. The Morgan fingerprint density at radius 2 is 2.05 bits per heavy atom. The monoisotopic (exact) mass is 297 g/mol. The molecule has 2 N–H and O–H groups in total. The van der Waals surface area contributed by atoms with E-state index in [1.165, 1.54) is 24.0 Å². The van der Waals surface area contributed by atoms with Crippen molar-refractivity contribution in [3.8, 4) is 11.3 Å². The summed E-state index contributed by atoms with van der Waals surface area (Å²) in [5.41, 5.74) is 6.28. The predicted molar refractivity (Wildman–Crippen MR) is 88.9 cm³/mol. The Morgan fingerprint density at radius 1 is 1.32 bits per heavy atom. The highest BCUT2D eigenvalue weighted by molar-refractivity contribution is 5.97. The molecule has 1 aliphatic rings. The van der Waals surface area contributed by atoms with Crippen LogP contribution in [0.4, 0.5) is 5.69 Å². The van der Waals surface area contributed by atoms with Gasteiger partial charge in [0.2, 0.25) is 5.91 Å². The van der Waals surface area contributed by atoms with Crippen molar-refractivity contribution in [2.75, 3.05) is 5.32 Å². The first kappa shape index (κ1) is 14.8. The third kappa shape index (κ3) is 2.78. The van der Waals surface area contributed by atoms with Gasteiger partial charge in [-0.3, -0.25) is 9.89 Å². The average molecular weight is 297 g/mol. The van der Waals surface area contributed by atoms with Gasteiger partial charge in [0.25, 0.3) is 0 Å². The average Bonchev–Trinajstić information content (AvgIpc) is 3.22. The summed E-state index contributed by atoms with van der Waals surface area (Å²) in [5.74, 6) is 0.498. The molecule has 0 saturated heterocycles. The van der Waals surface area contributed by atoms with Gasteiger partial charge < -0.3 is 5.32 Å². The van der Waals surface area contributed by atoms with Crippen LogP contribution in [-0.4, -0.2) is 16.1 Å². The van der Waals surface area contributed by atoms with Gasteiger partial charge >= 0.3 is 0 Å². The van der Waals surface area contributed by atoms with Gasteiger partial charge in [0.05, 0.1) is 11.4 Å². The largest absolute Gasteiger partial charge is 0.322 e. The molecule has 0 bridgehead atoms. The van der Waals surface area contributed by atoms with Gasteiger partial charge in [-0.25, -0.2) is 0 Å². The van der Waals surface area contributed by atoms with Gasteiger partial charge in [-0.15, -0.1) is 0 Å². The zero-order chi connectivity index (χ0) is 15.9. The molecule has 116 valence electrons. The molecule has 4 nitrogen and oxygen atoms in total. The van der Waals surface area contributed by atoms with E-state index < -0.39 is 0 Å². The van der Waals surface area contributed by atoms with E-state index in [0.717, 1.165) is 22.6 Å². The SMILES string of the molecule is Cc1ccc(-c2n[nH]c(C3CC3)c2NC(=O)C(C)C)c(C)c1. The summed E-state index contributed by atoms with van der Waals surface area (Å²) in [7, 11) is 0. The topological polar surface area (TPSA) is 57.8 Å². The first-order valence-corrected chi connectivity index (χ1v) is 7.94. The number of aromatic nitrogens is 2. The zero-order valence-electron chi connectivity index (χ0n) is 13.7. The third-order valence-corrected chi connectivity index (χ3v) is 4.19. The number of H-pyrrole nitrogens is 1. The quantitative estimate of drug-likeness (QED) is 0.890. The molecular weight excluding hydrogens is 274 g/mol. The summed E-state index contributed by atoms with van der Waals surface area (Å²) < 4.78 is 0. The smallest absolute Gasteiger partial charge is 0.227 e. The number of aromatic amines is 1. The number of rotatable bonds is 4. The van der Waals surface area contributed by atoms with E-state index in [4.69, 9.17) is 0 Å². The summed E-state index contributed by atoms with van der Waals surface area (Å²) in [6, 6.07) is 6.32. The predicted octanol–water partition coefficient (Wildman–Crippen LogP) is 4.17. The van der Waals surface area contributed by atoms with Crippen molar-refractivity contribution in [2.45, 2.75) is 46.5 Å². The minimum Gasteiger partial charge on any atom is -0.322 e. The number of nitrogens with one attached hydrogen (secondary N) is 2. The zero-order valence-corrected chi connectivity index (χ0v) is 13.7. The highest BCUT2D eigenvalue weighted by Gasteiger charge is 2.31. The highest BCUT2D eigenvalue weighted by atomic mass is 16.1. The summed E-state index contributed by atoms with van der Waals surface area (Å²) >= 11 is 0. The number of hydrogen-bond acceptors (Lipinski definition) is 2. The molecule has 0 unspecified atom stereocenters. The number of amides is 1. The van der Waals surface area contributed by atoms with Crippen molar-refractivity contribution in [3.05, 3.63) is 35.0 Å². The Morgan fingerprint density at radius 3 is 2.64 bits per heavy atom. The molecule has 1 fully saturated rings. The van der Waals surface area contributed by atoms with E-state index in [2.05, 4.69) is 47.6 Å². The van der Waals surface area contributed by atoms with Crippen molar-refractivity contribution in [1.29, 1.82) is 0 Å². The first-order valence-electron chi connectivity index (χ1n) is 7.94. The fraction of sp³-hybridized carbons (Fsp3) is 0.444. The number of hydrogen-bond donors (Lipinski definition) is 2. The van der Waals surface area contributed by atoms with Crippen LogP contribution in [0.1, 0.15) is 49.4 Å². The fourth-order valence-electron chi connectivity index (χ4n) is 2.69. The van der Waals surface area contributed by atoms with E-state index >= 15 is 0 Å². The number of nitrogens with zero attached hydrogens (tertiary/aromatic N) is 1. The molecule has 1 saturated carbocycles. The maximum absolute atomic E-state index is 12.2. The molecule has 0 atom stereocenters. The molecule has 2 aromatic rings. The molecule has 0 spiro atoms. The lowest BCUT2D eigenvalue weighted by atomic mass is 10.0. The van der Waals surface area contributed by atoms with E-state index in [0.29, 0.717) is 5.92 Å². The first-order chi connectivity index (χ1) is 10.5. The van der Waals surface area contributed by atoms with E-state index in [1.807, 2.05) is 13.8 Å².